The van der Waals surface area contributed by atoms with Gasteiger partial charge in [0.15, 0.2) is 0 Å². The molecule has 18 heavy (non-hydrogen) atoms. The molecule has 0 bridgehead atoms. The molecular weight excluding hydrogens is 230 g/mol. The minimum absolute atomic E-state index is 0.0495. The summed E-state index contributed by atoms with van der Waals surface area (Å²) >= 11 is 0. The molecule has 4 heteroatoms. The van der Waals surface area contributed by atoms with Crippen molar-refractivity contribution in [2.75, 3.05) is 0 Å². The van der Waals surface area contributed by atoms with Crippen molar-refractivity contribution < 1.29 is 14.7 Å². The van der Waals surface area contributed by atoms with Crippen molar-refractivity contribution in [2.24, 2.45) is 5.41 Å². The summed E-state index contributed by atoms with van der Waals surface area (Å²) in [5, 5.41) is 12.2. The third-order valence-corrected chi connectivity index (χ3v) is 4.72. The number of nitrogens with one attached hydrogen (secondary N) is 1. The largest absolute Gasteiger partial charge is 0.480 e. The zero-order valence-electron chi connectivity index (χ0n) is 11.1. The van der Waals surface area contributed by atoms with Crippen LogP contribution >= 0.6 is 0 Å². The van der Waals surface area contributed by atoms with Gasteiger partial charge in [-0.15, -0.1) is 0 Å². The molecule has 2 rings (SSSR count). The van der Waals surface area contributed by atoms with Crippen LogP contribution in [0.5, 0.6) is 0 Å². The van der Waals surface area contributed by atoms with Crippen molar-refractivity contribution in [3.8, 4) is 0 Å². The van der Waals surface area contributed by atoms with Gasteiger partial charge in [0.25, 0.3) is 0 Å². The van der Waals surface area contributed by atoms with Crippen molar-refractivity contribution in [2.45, 2.75) is 70.3 Å². The fourth-order valence-corrected chi connectivity index (χ4v) is 3.30. The Kier molecular flexibility index (Phi) is 3.64. The molecule has 2 N–H and O–H groups in total. The van der Waals surface area contributed by atoms with Gasteiger partial charge < -0.3 is 10.4 Å². The van der Waals surface area contributed by atoms with E-state index in [1.807, 2.05) is 6.92 Å². The summed E-state index contributed by atoms with van der Waals surface area (Å²) < 4.78 is 0. The second-order valence-electron chi connectivity index (χ2n) is 6.17. The van der Waals surface area contributed by atoms with Crippen LogP contribution in [-0.4, -0.2) is 22.5 Å². The molecule has 0 aromatic heterocycles. The average molecular weight is 253 g/mol. The molecule has 0 atom stereocenters. The summed E-state index contributed by atoms with van der Waals surface area (Å²) in [5.74, 6) is -0.917. The summed E-state index contributed by atoms with van der Waals surface area (Å²) in [6.07, 6.45) is 8.03. The lowest BCUT2D eigenvalue weighted by molar-refractivity contribution is -0.149. The number of amides is 1. The van der Waals surface area contributed by atoms with E-state index in [1.165, 1.54) is 6.42 Å². The van der Waals surface area contributed by atoms with Crippen molar-refractivity contribution in [1.29, 1.82) is 0 Å². The molecule has 2 fully saturated rings. The van der Waals surface area contributed by atoms with Gasteiger partial charge >= 0.3 is 5.97 Å². The maximum atomic E-state index is 12.4. The average Bonchev–Trinajstić information content (AvgIpc) is 2.80. The van der Waals surface area contributed by atoms with Crippen LogP contribution < -0.4 is 5.32 Å². The first-order valence-electron chi connectivity index (χ1n) is 7.05. The number of aliphatic carboxylic acids is 1. The first-order chi connectivity index (χ1) is 8.49. The van der Waals surface area contributed by atoms with Crippen LogP contribution in [0.15, 0.2) is 0 Å². The third-order valence-electron chi connectivity index (χ3n) is 4.72. The van der Waals surface area contributed by atoms with E-state index in [9.17, 15) is 14.7 Å². The standard InChI is InChI=1S/C14H23NO3/c1-13(7-3-2-4-8-13)11(16)15-14(12(17)18)9-5-6-10-14/h2-10H2,1H3,(H,15,16)(H,17,18). The minimum Gasteiger partial charge on any atom is -0.480 e. The summed E-state index contributed by atoms with van der Waals surface area (Å²) in [7, 11) is 0. The first kappa shape index (κ1) is 13.4. The summed E-state index contributed by atoms with van der Waals surface area (Å²) in [5.41, 5.74) is -1.35. The SMILES string of the molecule is CC1(C(=O)NC2(C(=O)O)CCCC2)CCCCC1. The van der Waals surface area contributed by atoms with Gasteiger partial charge in [-0.1, -0.05) is 39.0 Å². The molecule has 0 aliphatic heterocycles. The van der Waals surface area contributed by atoms with Crippen molar-refractivity contribution in [3.63, 3.8) is 0 Å². The van der Waals surface area contributed by atoms with Crippen LogP contribution in [0.2, 0.25) is 0 Å². The molecule has 2 saturated carbocycles. The Morgan fingerprint density at radius 2 is 1.44 bits per heavy atom. The molecule has 0 unspecified atom stereocenters. The molecule has 0 aromatic rings. The van der Waals surface area contributed by atoms with Crippen LogP contribution in [0, 0.1) is 5.41 Å². The Labute approximate surface area is 108 Å². The van der Waals surface area contributed by atoms with Gasteiger partial charge in [-0.05, 0) is 25.7 Å². The zero-order chi connectivity index (χ0) is 13.2. The van der Waals surface area contributed by atoms with Gasteiger partial charge in [0.2, 0.25) is 5.91 Å². The Balaban J connectivity index is 2.07. The van der Waals surface area contributed by atoms with E-state index in [0.717, 1.165) is 38.5 Å². The number of hydrogen-bond acceptors (Lipinski definition) is 2. The maximum absolute atomic E-state index is 12.4. The van der Waals surface area contributed by atoms with Crippen LogP contribution in [0.4, 0.5) is 0 Å². The highest BCUT2D eigenvalue weighted by atomic mass is 16.4. The molecule has 0 aromatic carbocycles. The summed E-state index contributed by atoms with van der Waals surface area (Å²) in [4.78, 5) is 23.8. The number of carbonyl (C=O) groups is 2. The lowest BCUT2D eigenvalue weighted by Gasteiger charge is -2.36. The van der Waals surface area contributed by atoms with Gasteiger partial charge in [-0.3, -0.25) is 4.79 Å². The van der Waals surface area contributed by atoms with E-state index in [4.69, 9.17) is 0 Å². The predicted molar refractivity (Wildman–Crippen MR) is 68.2 cm³/mol. The molecule has 2 aliphatic rings. The summed E-state index contributed by atoms with van der Waals surface area (Å²) in [6.45, 7) is 1.98. The van der Waals surface area contributed by atoms with Crippen LogP contribution in [-0.2, 0) is 9.59 Å². The van der Waals surface area contributed by atoms with Gasteiger partial charge in [0, 0.05) is 5.41 Å². The Bertz CT molecular complexity index is 339. The number of rotatable bonds is 3. The monoisotopic (exact) mass is 253 g/mol. The van der Waals surface area contributed by atoms with E-state index in [-0.39, 0.29) is 11.3 Å². The van der Waals surface area contributed by atoms with Crippen LogP contribution in [0.1, 0.15) is 64.7 Å². The van der Waals surface area contributed by atoms with E-state index >= 15 is 0 Å². The molecule has 4 nitrogen and oxygen atoms in total. The highest BCUT2D eigenvalue weighted by molar-refractivity contribution is 5.90. The van der Waals surface area contributed by atoms with E-state index in [0.29, 0.717) is 12.8 Å². The fraction of sp³-hybridized carbons (Fsp3) is 0.857. The highest BCUT2D eigenvalue weighted by Gasteiger charge is 2.46. The molecule has 102 valence electrons. The molecular formula is C14H23NO3. The third kappa shape index (κ3) is 2.38. The predicted octanol–water partition coefficient (Wildman–Crippen LogP) is 2.47. The second kappa shape index (κ2) is 4.90. The van der Waals surface area contributed by atoms with Gasteiger partial charge in [0.1, 0.15) is 5.54 Å². The second-order valence-corrected chi connectivity index (χ2v) is 6.17. The molecule has 0 saturated heterocycles. The maximum Gasteiger partial charge on any atom is 0.329 e. The van der Waals surface area contributed by atoms with Crippen molar-refractivity contribution >= 4 is 11.9 Å². The number of hydrogen-bond donors (Lipinski definition) is 2. The molecule has 0 heterocycles. The Hall–Kier alpha value is -1.06. The Morgan fingerprint density at radius 3 is 1.94 bits per heavy atom. The first-order valence-corrected chi connectivity index (χ1v) is 7.05. The molecule has 0 spiro atoms. The van der Waals surface area contributed by atoms with E-state index in [2.05, 4.69) is 5.32 Å². The summed E-state index contributed by atoms with van der Waals surface area (Å²) in [6, 6.07) is 0. The van der Waals surface area contributed by atoms with Gasteiger partial charge in [-0.25, -0.2) is 4.79 Å². The highest BCUT2D eigenvalue weighted by Crippen LogP contribution is 2.38. The smallest absolute Gasteiger partial charge is 0.329 e. The minimum atomic E-state index is -0.989. The molecule has 2 aliphatic carbocycles. The fourth-order valence-electron chi connectivity index (χ4n) is 3.30. The molecule has 1 amide bonds. The van der Waals surface area contributed by atoms with E-state index in [1.54, 1.807) is 0 Å². The van der Waals surface area contributed by atoms with Crippen LogP contribution in [0.25, 0.3) is 0 Å². The van der Waals surface area contributed by atoms with E-state index < -0.39 is 11.5 Å². The normalized spacial score (nSPS) is 25.6. The number of carboxylic acids is 1. The number of carboxylic acid groups (broad SMARTS) is 1. The van der Waals surface area contributed by atoms with Gasteiger partial charge in [-0.2, -0.15) is 0 Å². The quantitative estimate of drug-likeness (QED) is 0.812. The molecule has 0 radical (unpaired) electrons. The van der Waals surface area contributed by atoms with Crippen molar-refractivity contribution in [3.05, 3.63) is 0 Å². The topological polar surface area (TPSA) is 66.4 Å². The van der Waals surface area contributed by atoms with Crippen LogP contribution in [0.3, 0.4) is 0 Å². The van der Waals surface area contributed by atoms with Crippen molar-refractivity contribution in [1.82, 2.24) is 5.32 Å². The lowest BCUT2D eigenvalue weighted by atomic mass is 9.74. The zero-order valence-corrected chi connectivity index (χ0v) is 11.1. The number of carbonyl (C=O) groups excluding carboxylic acids is 1. The van der Waals surface area contributed by atoms with Gasteiger partial charge in [0.05, 0.1) is 0 Å². The lowest BCUT2D eigenvalue weighted by Crippen LogP contribution is -2.56. The Morgan fingerprint density at radius 1 is 0.944 bits per heavy atom.